The SMILES string of the molecule is CCC[C@H]1CN(Cc2nc(C)c(C)n2C)C[C@@H]1NS(=O)(=O)CC. The minimum atomic E-state index is -3.16. The van der Waals surface area contributed by atoms with Crippen LogP contribution in [0, 0.1) is 19.8 Å². The van der Waals surface area contributed by atoms with Crippen molar-refractivity contribution in [2.75, 3.05) is 18.8 Å². The molecular weight excluding hydrogens is 312 g/mol. The topological polar surface area (TPSA) is 67.2 Å². The van der Waals surface area contributed by atoms with Gasteiger partial charge in [-0.05, 0) is 33.1 Å². The van der Waals surface area contributed by atoms with E-state index in [0.29, 0.717) is 5.92 Å². The Labute approximate surface area is 140 Å². The van der Waals surface area contributed by atoms with Gasteiger partial charge in [-0.25, -0.2) is 18.1 Å². The molecule has 6 nitrogen and oxygen atoms in total. The highest BCUT2D eigenvalue weighted by Gasteiger charge is 2.34. The zero-order valence-corrected chi connectivity index (χ0v) is 15.8. The third kappa shape index (κ3) is 4.33. The number of imidazole rings is 1. The summed E-state index contributed by atoms with van der Waals surface area (Å²) < 4.78 is 28.9. The van der Waals surface area contributed by atoms with Crippen LogP contribution in [0.25, 0.3) is 0 Å². The van der Waals surface area contributed by atoms with Crippen LogP contribution < -0.4 is 4.72 Å². The van der Waals surface area contributed by atoms with Gasteiger partial charge < -0.3 is 4.57 Å². The van der Waals surface area contributed by atoms with E-state index in [1.54, 1.807) is 6.92 Å². The van der Waals surface area contributed by atoms with E-state index >= 15 is 0 Å². The van der Waals surface area contributed by atoms with Crippen molar-refractivity contribution in [1.29, 1.82) is 0 Å². The smallest absolute Gasteiger partial charge is 0.211 e. The Morgan fingerprint density at radius 1 is 1.26 bits per heavy atom. The molecule has 23 heavy (non-hydrogen) atoms. The molecule has 2 rings (SSSR count). The lowest BCUT2D eigenvalue weighted by Crippen LogP contribution is -2.41. The second-order valence-electron chi connectivity index (χ2n) is 6.63. The molecule has 0 unspecified atom stereocenters. The molecule has 1 N–H and O–H groups in total. The number of likely N-dealkylation sites (tertiary alicyclic amines) is 1. The highest BCUT2D eigenvalue weighted by Crippen LogP contribution is 2.24. The number of hydrogen-bond acceptors (Lipinski definition) is 4. The Bertz CT molecular complexity index is 639. The number of aryl methyl sites for hydroxylation is 1. The first kappa shape index (κ1) is 18.4. The summed E-state index contributed by atoms with van der Waals surface area (Å²) in [4.78, 5) is 6.97. The van der Waals surface area contributed by atoms with Crippen LogP contribution in [0.2, 0.25) is 0 Å². The number of nitrogens with one attached hydrogen (secondary N) is 1. The van der Waals surface area contributed by atoms with Gasteiger partial charge in [0.1, 0.15) is 5.82 Å². The molecule has 1 aliphatic heterocycles. The zero-order chi connectivity index (χ0) is 17.2. The highest BCUT2D eigenvalue weighted by atomic mass is 32.2. The predicted molar refractivity (Wildman–Crippen MR) is 92.7 cm³/mol. The highest BCUT2D eigenvalue weighted by molar-refractivity contribution is 7.89. The number of sulfonamides is 1. The van der Waals surface area contributed by atoms with Gasteiger partial charge in [-0.15, -0.1) is 0 Å². The van der Waals surface area contributed by atoms with E-state index in [1.807, 2.05) is 14.0 Å². The molecule has 0 saturated carbocycles. The van der Waals surface area contributed by atoms with Crippen molar-refractivity contribution in [3.05, 3.63) is 17.2 Å². The summed E-state index contributed by atoms with van der Waals surface area (Å²) in [5, 5.41) is 0. The Balaban J connectivity index is 2.08. The first-order valence-electron chi connectivity index (χ1n) is 8.48. The maximum absolute atomic E-state index is 11.9. The van der Waals surface area contributed by atoms with E-state index in [9.17, 15) is 8.42 Å². The molecule has 1 aromatic heterocycles. The van der Waals surface area contributed by atoms with Crippen LogP contribution in [0.4, 0.5) is 0 Å². The van der Waals surface area contributed by atoms with E-state index in [-0.39, 0.29) is 11.8 Å². The van der Waals surface area contributed by atoms with Crippen LogP contribution in [0.1, 0.15) is 43.9 Å². The zero-order valence-electron chi connectivity index (χ0n) is 15.0. The van der Waals surface area contributed by atoms with Crippen LogP contribution >= 0.6 is 0 Å². The average molecular weight is 343 g/mol. The minimum absolute atomic E-state index is 0.0161. The summed E-state index contributed by atoms with van der Waals surface area (Å²) in [5.74, 6) is 1.57. The third-order valence-corrected chi connectivity index (χ3v) is 6.38. The van der Waals surface area contributed by atoms with Crippen LogP contribution in [0.15, 0.2) is 0 Å². The van der Waals surface area contributed by atoms with Gasteiger partial charge in [0, 0.05) is 31.9 Å². The molecule has 0 amide bonds. The van der Waals surface area contributed by atoms with Crippen LogP contribution in [-0.2, 0) is 23.6 Å². The van der Waals surface area contributed by atoms with E-state index in [1.165, 1.54) is 5.69 Å². The maximum atomic E-state index is 11.9. The fourth-order valence-electron chi connectivity index (χ4n) is 3.33. The van der Waals surface area contributed by atoms with Crippen molar-refractivity contribution in [2.45, 2.75) is 53.1 Å². The number of nitrogens with zero attached hydrogens (tertiary/aromatic N) is 3. The van der Waals surface area contributed by atoms with E-state index in [2.05, 4.69) is 33.0 Å². The van der Waals surface area contributed by atoms with Gasteiger partial charge >= 0.3 is 0 Å². The summed E-state index contributed by atoms with van der Waals surface area (Å²) in [6.07, 6.45) is 2.12. The van der Waals surface area contributed by atoms with E-state index in [0.717, 1.165) is 44.0 Å². The van der Waals surface area contributed by atoms with Crippen LogP contribution in [0.3, 0.4) is 0 Å². The molecule has 1 aromatic rings. The molecule has 0 spiro atoms. The van der Waals surface area contributed by atoms with Crippen molar-refractivity contribution in [2.24, 2.45) is 13.0 Å². The molecule has 0 aliphatic carbocycles. The van der Waals surface area contributed by atoms with Gasteiger partial charge in [-0.3, -0.25) is 4.90 Å². The van der Waals surface area contributed by atoms with E-state index in [4.69, 9.17) is 0 Å². The normalized spacial score (nSPS) is 22.8. The molecule has 132 valence electrons. The van der Waals surface area contributed by atoms with Gasteiger partial charge in [-0.2, -0.15) is 0 Å². The van der Waals surface area contributed by atoms with Gasteiger partial charge in [0.05, 0.1) is 18.0 Å². The number of aromatic nitrogens is 2. The lowest BCUT2D eigenvalue weighted by atomic mass is 9.99. The second kappa shape index (κ2) is 7.32. The first-order chi connectivity index (χ1) is 10.8. The van der Waals surface area contributed by atoms with E-state index < -0.39 is 10.0 Å². The quantitative estimate of drug-likeness (QED) is 0.817. The van der Waals surface area contributed by atoms with Gasteiger partial charge in [0.15, 0.2) is 0 Å². The lowest BCUT2D eigenvalue weighted by molar-refractivity contribution is 0.301. The summed E-state index contributed by atoms with van der Waals surface area (Å²) in [5.41, 5.74) is 2.25. The van der Waals surface area contributed by atoms with Crippen molar-refractivity contribution in [1.82, 2.24) is 19.2 Å². The van der Waals surface area contributed by atoms with Crippen molar-refractivity contribution >= 4 is 10.0 Å². The molecule has 7 heteroatoms. The van der Waals surface area contributed by atoms with Gasteiger partial charge in [0.2, 0.25) is 10.0 Å². The van der Waals surface area contributed by atoms with Crippen LogP contribution in [-0.4, -0.2) is 47.8 Å². The maximum Gasteiger partial charge on any atom is 0.211 e. The Morgan fingerprint density at radius 3 is 2.48 bits per heavy atom. The molecule has 1 aliphatic rings. The third-order valence-electron chi connectivity index (χ3n) is 4.96. The molecule has 0 aromatic carbocycles. The van der Waals surface area contributed by atoms with Gasteiger partial charge in [-0.1, -0.05) is 13.3 Å². The Kier molecular flexibility index (Phi) is 5.86. The summed E-state index contributed by atoms with van der Waals surface area (Å²) in [7, 11) is -1.12. The summed E-state index contributed by atoms with van der Waals surface area (Å²) in [6, 6.07) is 0.0161. The summed E-state index contributed by atoms with van der Waals surface area (Å²) in [6.45, 7) is 10.4. The fourth-order valence-corrected chi connectivity index (χ4v) is 4.22. The second-order valence-corrected chi connectivity index (χ2v) is 8.67. The Morgan fingerprint density at radius 2 is 1.96 bits per heavy atom. The monoisotopic (exact) mass is 342 g/mol. The molecule has 0 bridgehead atoms. The standard InChI is InChI=1S/C16H30N4O2S/c1-6-8-14-9-20(10-15(14)18-23(21,22)7-2)11-16-17-12(3)13(4)19(16)5/h14-15,18H,6-11H2,1-5H3/t14-,15-/m0/s1. The molecule has 1 fully saturated rings. The molecule has 2 heterocycles. The van der Waals surface area contributed by atoms with Crippen molar-refractivity contribution < 1.29 is 8.42 Å². The molecule has 0 radical (unpaired) electrons. The molecular formula is C16H30N4O2S. The molecule has 2 atom stereocenters. The number of hydrogen-bond donors (Lipinski definition) is 1. The largest absolute Gasteiger partial charge is 0.334 e. The minimum Gasteiger partial charge on any atom is -0.334 e. The van der Waals surface area contributed by atoms with Gasteiger partial charge in [0.25, 0.3) is 0 Å². The first-order valence-corrected chi connectivity index (χ1v) is 10.1. The van der Waals surface area contributed by atoms with Crippen molar-refractivity contribution in [3.63, 3.8) is 0 Å². The number of rotatable bonds is 7. The van der Waals surface area contributed by atoms with Crippen LogP contribution in [0.5, 0.6) is 0 Å². The predicted octanol–water partition coefficient (Wildman–Crippen LogP) is 1.58. The summed E-state index contributed by atoms with van der Waals surface area (Å²) >= 11 is 0. The molecule has 1 saturated heterocycles. The lowest BCUT2D eigenvalue weighted by Gasteiger charge is -2.18. The average Bonchev–Trinajstić information content (AvgIpc) is 2.96. The van der Waals surface area contributed by atoms with Crippen molar-refractivity contribution in [3.8, 4) is 0 Å². The fraction of sp³-hybridized carbons (Fsp3) is 0.812. The Hall–Kier alpha value is -0.920.